The zero-order valence-corrected chi connectivity index (χ0v) is 8.69. The average Bonchev–Trinajstić information content (AvgIpc) is 2.12. The van der Waals surface area contributed by atoms with Crippen molar-refractivity contribution in [2.24, 2.45) is 5.84 Å². The van der Waals surface area contributed by atoms with Crippen molar-refractivity contribution < 1.29 is 22.0 Å². The summed E-state index contributed by atoms with van der Waals surface area (Å²) in [4.78, 5) is 0. The van der Waals surface area contributed by atoms with E-state index >= 15 is 0 Å². The van der Waals surface area contributed by atoms with E-state index in [9.17, 15) is 22.0 Å². The van der Waals surface area contributed by atoms with E-state index in [2.05, 4.69) is 0 Å². The number of hydrogen-bond acceptors (Lipinski definition) is 2. The van der Waals surface area contributed by atoms with Crippen LogP contribution >= 0.6 is 0 Å². The van der Waals surface area contributed by atoms with Crippen LogP contribution in [-0.2, 0) is 6.42 Å². The third-order valence-electron chi connectivity index (χ3n) is 2.12. The summed E-state index contributed by atoms with van der Waals surface area (Å²) in [5.41, 5.74) is 2.10. The van der Waals surface area contributed by atoms with Gasteiger partial charge in [-0.3, -0.25) is 11.3 Å². The largest absolute Gasteiger partial charge is 0.390 e. The third-order valence-corrected chi connectivity index (χ3v) is 2.12. The van der Waals surface area contributed by atoms with Crippen LogP contribution in [0, 0.1) is 11.6 Å². The van der Waals surface area contributed by atoms with E-state index in [-0.39, 0.29) is 12.0 Å². The molecule has 0 fully saturated rings. The number of alkyl halides is 3. The maximum Gasteiger partial charge on any atom is 0.390 e. The van der Waals surface area contributed by atoms with Gasteiger partial charge in [0.05, 0.1) is 6.42 Å². The Kier molecular flexibility index (Phi) is 4.41. The van der Waals surface area contributed by atoms with Crippen LogP contribution in [0.3, 0.4) is 0 Å². The van der Waals surface area contributed by atoms with E-state index < -0.39 is 30.3 Å². The first-order valence-electron chi connectivity index (χ1n) is 4.78. The van der Waals surface area contributed by atoms with Gasteiger partial charge in [0, 0.05) is 12.1 Å². The third kappa shape index (κ3) is 5.10. The number of hydrazine groups is 1. The molecular weight excluding hydrogens is 243 g/mol. The second-order valence-corrected chi connectivity index (χ2v) is 3.66. The van der Waals surface area contributed by atoms with Crippen molar-refractivity contribution in [3.63, 3.8) is 0 Å². The molecule has 0 radical (unpaired) electrons. The standard InChI is InChI=1S/C10H11F5N2/c11-7-1-6(2-8(12)4-7)3-9(17-16)5-10(13,14)15/h1-2,4,9,17H,3,5,16H2. The maximum atomic E-state index is 12.8. The highest BCUT2D eigenvalue weighted by atomic mass is 19.4. The van der Waals surface area contributed by atoms with Gasteiger partial charge in [0.15, 0.2) is 0 Å². The minimum atomic E-state index is -4.39. The summed E-state index contributed by atoms with van der Waals surface area (Å²) < 4.78 is 61.9. The molecule has 7 heteroatoms. The van der Waals surface area contributed by atoms with Crippen molar-refractivity contribution in [1.29, 1.82) is 0 Å². The molecule has 0 aromatic heterocycles. The lowest BCUT2D eigenvalue weighted by atomic mass is 10.0. The second kappa shape index (κ2) is 5.42. The van der Waals surface area contributed by atoms with Crippen LogP contribution in [0.1, 0.15) is 12.0 Å². The highest BCUT2D eigenvalue weighted by molar-refractivity contribution is 5.19. The average molecular weight is 254 g/mol. The molecule has 96 valence electrons. The van der Waals surface area contributed by atoms with Gasteiger partial charge in [0.2, 0.25) is 0 Å². The molecule has 1 aromatic rings. The van der Waals surface area contributed by atoms with Crippen molar-refractivity contribution in [2.45, 2.75) is 25.1 Å². The van der Waals surface area contributed by atoms with Crippen molar-refractivity contribution >= 4 is 0 Å². The minimum Gasteiger partial charge on any atom is -0.271 e. The van der Waals surface area contributed by atoms with E-state index in [4.69, 9.17) is 5.84 Å². The van der Waals surface area contributed by atoms with Gasteiger partial charge in [-0.2, -0.15) is 13.2 Å². The lowest BCUT2D eigenvalue weighted by Crippen LogP contribution is -2.40. The van der Waals surface area contributed by atoms with Crippen LogP contribution in [0.5, 0.6) is 0 Å². The first kappa shape index (κ1) is 13.9. The first-order valence-corrected chi connectivity index (χ1v) is 4.78. The Labute approximate surface area is 94.6 Å². The molecule has 0 amide bonds. The number of nitrogens with one attached hydrogen (secondary N) is 1. The fourth-order valence-corrected chi connectivity index (χ4v) is 1.48. The summed E-state index contributed by atoms with van der Waals surface area (Å²) in [6.45, 7) is 0. The Morgan fingerprint density at radius 2 is 1.65 bits per heavy atom. The molecule has 1 rings (SSSR count). The summed E-state index contributed by atoms with van der Waals surface area (Å²) in [5.74, 6) is 3.30. The maximum absolute atomic E-state index is 12.8. The molecular formula is C10H11F5N2. The number of hydrogen-bond donors (Lipinski definition) is 2. The van der Waals surface area contributed by atoms with Crippen LogP contribution in [-0.4, -0.2) is 12.2 Å². The SMILES string of the molecule is NNC(Cc1cc(F)cc(F)c1)CC(F)(F)F. The van der Waals surface area contributed by atoms with E-state index in [1.807, 2.05) is 5.43 Å². The van der Waals surface area contributed by atoms with E-state index in [1.54, 1.807) is 0 Å². The van der Waals surface area contributed by atoms with Crippen LogP contribution in [0.4, 0.5) is 22.0 Å². The molecule has 1 unspecified atom stereocenters. The fourth-order valence-electron chi connectivity index (χ4n) is 1.48. The van der Waals surface area contributed by atoms with Gasteiger partial charge >= 0.3 is 6.18 Å². The Morgan fingerprint density at radius 3 is 2.06 bits per heavy atom. The van der Waals surface area contributed by atoms with Crippen molar-refractivity contribution in [1.82, 2.24) is 5.43 Å². The topological polar surface area (TPSA) is 38.0 Å². The quantitative estimate of drug-likeness (QED) is 0.491. The van der Waals surface area contributed by atoms with Crippen LogP contribution in [0.25, 0.3) is 0 Å². The molecule has 2 nitrogen and oxygen atoms in total. The molecule has 1 atom stereocenters. The highest BCUT2D eigenvalue weighted by Gasteiger charge is 2.31. The smallest absolute Gasteiger partial charge is 0.271 e. The van der Waals surface area contributed by atoms with Gasteiger partial charge in [-0.05, 0) is 24.1 Å². The molecule has 0 heterocycles. The predicted octanol–water partition coefficient (Wildman–Crippen LogP) is 2.29. The van der Waals surface area contributed by atoms with Gasteiger partial charge < -0.3 is 0 Å². The zero-order valence-electron chi connectivity index (χ0n) is 8.69. The Hall–Kier alpha value is -1.21. The van der Waals surface area contributed by atoms with Crippen LogP contribution < -0.4 is 11.3 Å². The lowest BCUT2D eigenvalue weighted by molar-refractivity contribution is -0.140. The van der Waals surface area contributed by atoms with Crippen LogP contribution in [0.15, 0.2) is 18.2 Å². The molecule has 0 aliphatic heterocycles. The van der Waals surface area contributed by atoms with Gasteiger partial charge in [-0.1, -0.05) is 0 Å². The van der Waals surface area contributed by atoms with Gasteiger partial charge in [0.25, 0.3) is 0 Å². The lowest BCUT2D eigenvalue weighted by Gasteiger charge is -2.17. The van der Waals surface area contributed by atoms with Crippen molar-refractivity contribution in [3.05, 3.63) is 35.4 Å². The Morgan fingerprint density at radius 1 is 1.12 bits per heavy atom. The molecule has 3 N–H and O–H groups in total. The fraction of sp³-hybridized carbons (Fsp3) is 0.400. The Bertz CT molecular complexity index is 357. The highest BCUT2D eigenvalue weighted by Crippen LogP contribution is 2.23. The number of halogens is 5. The summed E-state index contributed by atoms with van der Waals surface area (Å²) in [7, 11) is 0. The molecule has 17 heavy (non-hydrogen) atoms. The second-order valence-electron chi connectivity index (χ2n) is 3.66. The summed E-state index contributed by atoms with van der Waals surface area (Å²) in [6.07, 6.45) is -5.75. The van der Waals surface area contributed by atoms with Crippen molar-refractivity contribution in [3.8, 4) is 0 Å². The van der Waals surface area contributed by atoms with E-state index in [0.717, 1.165) is 12.1 Å². The summed E-state index contributed by atoms with van der Waals surface area (Å²) >= 11 is 0. The summed E-state index contributed by atoms with van der Waals surface area (Å²) in [5, 5.41) is 0. The molecule has 0 saturated heterocycles. The normalized spacial score (nSPS) is 13.8. The first-order chi connectivity index (χ1) is 7.80. The molecule has 0 bridgehead atoms. The number of nitrogens with two attached hydrogens (primary N) is 1. The molecule has 0 aliphatic carbocycles. The molecule has 0 aliphatic rings. The zero-order chi connectivity index (χ0) is 13.1. The predicted molar refractivity (Wildman–Crippen MR) is 51.8 cm³/mol. The molecule has 0 spiro atoms. The van der Waals surface area contributed by atoms with Crippen LogP contribution in [0.2, 0.25) is 0 Å². The van der Waals surface area contributed by atoms with Crippen molar-refractivity contribution in [2.75, 3.05) is 0 Å². The number of rotatable bonds is 4. The summed E-state index contributed by atoms with van der Waals surface area (Å²) in [6, 6.07) is 1.49. The molecule has 0 saturated carbocycles. The van der Waals surface area contributed by atoms with E-state index in [1.165, 1.54) is 0 Å². The van der Waals surface area contributed by atoms with E-state index in [0.29, 0.717) is 6.07 Å². The van der Waals surface area contributed by atoms with Gasteiger partial charge in [-0.15, -0.1) is 0 Å². The minimum absolute atomic E-state index is 0.120. The number of benzene rings is 1. The molecule has 1 aromatic carbocycles. The van der Waals surface area contributed by atoms with Gasteiger partial charge in [0.1, 0.15) is 11.6 Å². The monoisotopic (exact) mass is 254 g/mol. The van der Waals surface area contributed by atoms with Gasteiger partial charge in [-0.25, -0.2) is 8.78 Å². The Balaban J connectivity index is 2.73.